The van der Waals surface area contributed by atoms with E-state index < -0.39 is 13.7 Å². The van der Waals surface area contributed by atoms with Gasteiger partial charge in [-0.25, -0.2) is 9.67 Å². The molecule has 120 valence electrons. The van der Waals surface area contributed by atoms with Crippen molar-refractivity contribution in [1.29, 1.82) is 0 Å². The normalized spacial score (nSPS) is 14.8. The Balaban J connectivity index is 2.17. The summed E-state index contributed by atoms with van der Waals surface area (Å²) in [6, 6.07) is 8.63. The third-order valence-corrected chi connectivity index (χ3v) is 5.89. The first-order valence-electron chi connectivity index (χ1n) is 7.59. The number of hydrogen-bond acceptors (Lipinski definition) is 3. The minimum Gasteiger partial charge on any atom is -0.383 e. The molecule has 0 fully saturated rings. The number of aliphatic hydroxyl groups is 1. The second-order valence-electron chi connectivity index (χ2n) is 7.05. The number of halogens is 1. The minimum atomic E-state index is -1.11. The third kappa shape index (κ3) is 4.93. The predicted molar refractivity (Wildman–Crippen MR) is 92.8 cm³/mol. The van der Waals surface area contributed by atoms with Crippen molar-refractivity contribution in [2.75, 3.05) is 0 Å². The molecular formula is C16H24ClN3OSi. The number of nitrogens with zero attached hydrogens (tertiary/aromatic N) is 3. The second kappa shape index (κ2) is 6.94. The quantitative estimate of drug-likeness (QED) is 0.778. The number of benzene rings is 1. The maximum absolute atomic E-state index is 11.2. The van der Waals surface area contributed by atoms with Crippen LogP contribution in [0.5, 0.6) is 0 Å². The summed E-state index contributed by atoms with van der Waals surface area (Å²) in [7, 11) is -1.11. The highest BCUT2D eigenvalue weighted by Gasteiger charge is 2.30. The lowest BCUT2D eigenvalue weighted by molar-refractivity contribution is 0.00547. The molecule has 1 aromatic carbocycles. The zero-order valence-electron chi connectivity index (χ0n) is 13.5. The van der Waals surface area contributed by atoms with Gasteiger partial charge in [0.2, 0.25) is 0 Å². The van der Waals surface area contributed by atoms with Gasteiger partial charge in [0, 0.05) is 13.1 Å². The summed E-state index contributed by atoms with van der Waals surface area (Å²) in [4.78, 5) is 3.96. The smallest absolute Gasteiger partial charge is 0.137 e. The van der Waals surface area contributed by atoms with Crippen LogP contribution in [0.2, 0.25) is 30.7 Å². The molecule has 2 rings (SSSR count). The van der Waals surface area contributed by atoms with Crippen LogP contribution >= 0.6 is 11.6 Å². The van der Waals surface area contributed by atoms with Crippen molar-refractivity contribution in [2.45, 2.75) is 50.7 Å². The molecule has 6 heteroatoms. The first-order chi connectivity index (χ1) is 10.3. The third-order valence-electron chi connectivity index (χ3n) is 3.79. The van der Waals surface area contributed by atoms with E-state index in [0.717, 1.165) is 12.0 Å². The molecule has 0 aliphatic heterocycles. The van der Waals surface area contributed by atoms with Crippen molar-refractivity contribution < 1.29 is 5.11 Å². The van der Waals surface area contributed by atoms with Gasteiger partial charge in [0.15, 0.2) is 0 Å². The topological polar surface area (TPSA) is 50.9 Å². The maximum Gasteiger partial charge on any atom is 0.137 e. The molecule has 0 aliphatic carbocycles. The first kappa shape index (κ1) is 17.2. The average molecular weight is 338 g/mol. The minimum absolute atomic E-state index is 0.403. The number of hydrogen-bond donors (Lipinski definition) is 1. The lowest BCUT2D eigenvalue weighted by Crippen LogP contribution is -2.32. The summed E-state index contributed by atoms with van der Waals surface area (Å²) in [5, 5.41) is 16.0. The Labute approximate surface area is 138 Å². The van der Waals surface area contributed by atoms with Crippen LogP contribution in [0, 0.1) is 0 Å². The largest absolute Gasteiger partial charge is 0.383 e. The molecule has 1 atom stereocenters. The van der Waals surface area contributed by atoms with E-state index in [0.29, 0.717) is 18.0 Å². The molecule has 4 nitrogen and oxygen atoms in total. The standard InChI is InChI=1S/C16H24ClN3OSi/c1-22(2,3)10-4-9-16(21,11-20-13-18-12-19-20)14-5-7-15(17)8-6-14/h5-8,12-13,21H,4,9-11H2,1-3H3. The van der Waals surface area contributed by atoms with Crippen molar-refractivity contribution in [3.63, 3.8) is 0 Å². The fraction of sp³-hybridized carbons (Fsp3) is 0.500. The molecule has 1 aromatic heterocycles. The average Bonchev–Trinajstić information content (AvgIpc) is 2.90. The molecule has 0 spiro atoms. The van der Waals surface area contributed by atoms with Crippen LogP contribution in [0.1, 0.15) is 18.4 Å². The fourth-order valence-corrected chi connectivity index (χ4v) is 3.93. The van der Waals surface area contributed by atoms with Gasteiger partial charge in [-0.3, -0.25) is 0 Å². The monoisotopic (exact) mass is 337 g/mol. The molecule has 2 aromatic rings. The lowest BCUT2D eigenvalue weighted by atomic mass is 9.89. The van der Waals surface area contributed by atoms with E-state index in [4.69, 9.17) is 11.6 Å². The molecule has 0 radical (unpaired) electrons. The van der Waals surface area contributed by atoms with Crippen LogP contribution in [0.15, 0.2) is 36.9 Å². The second-order valence-corrected chi connectivity index (χ2v) is 13.1. The molecule has 0 saturated carbocycles. The van der Waals surface area contributed by atoms with Gasteiger partial charge in [0.25, 0.3) is 0 Å². The highest BCUT2D eigenvalue weighted by Crippen LogP contribution is 2.31. The highest BCUT2D eigenvalue weighted by molar-refractivity contribution is 6.76. The number of aromatic nitrogens is 3. The van der Waals surface area contributed by atoms with E-state index in [1.165, 1.54) is 12.4 Å². The molecule has 0 amide bonds. The summed E-state index contributed by atoms with van der Waals surface area (Å²) in [6.07, 6.45) is 4.84. The molecule has 1 unspecified atom stereocenters. The van der Waals surface area contributed by atoms with E-state index in [1.807, 2.05) is 24.3 Å². The van der Waals surface area contributed by atoms with Gasteiger partial charge in [-0.05, 0) is 24.1 Å². The summed E-state index contributed by atoms with van der Waals surface area (Å²) in [5.41, 5.74) is -0.0687. The van der Waals surface area contributed by atoms with Crippen molar-refractivity contribution >= 4 is 19.7 Å². The Morgan fingerprint density at radius 3 is 2.45 bits per heavy atom. The van der Waals surface area contributed by atoms with Crippen LogP contribution in [0.25, 0.3) is 0 Å². The van der Waals surface area contributed by atoms with E-state index in [9.17, 15) is 5.11 Å². The van der Waals surface area contributed by atoms with E-state index in [2.05, 4.69) is 29.7 Å². The van der Waals surface area contributed by atoms with Gasteiger partial charge < -0.3 is 5.11 Å². The van der Waals surface area contributed by atoms with E-state index in [1.54, 1.807) is 11.0 Å². The van der Waals surface area contributed by atoms with Crippen LogP contribution in [0.3, 0.4) is 0 Å². The zero-order valence-corrected chi connectivity index (χ0v) is 15.2. The van der Waals surface area contributed by atoms with Gasteiger partial charge in [-0.1, -0.05) is 55.8 Å². The van der Waals surface area contributed by atoms with Crippen LogP contribution in [-0.4, -0.2) is 27.9 Å². The fourth-order valence-electron chi connectivity index (χ4n) is 2.57. The Hall–Kier alpha value is -1.17. The summed E-state index contributed by atoms with van der Waals surface area (Å²) < 4.78 is 1.68. The van der Waals surface area contributed by atoms with E-state index >= 15 is 0 Å². The highest BCUT2D eigenvalue weighted by atomic mass is 35.5. The van der Waals surface area contributed by atoms with Crippen LogP contribution < -0.4 is 0 Å². The molecule has 22 heavy (non-hydrogen) atoms. The molecule has 0 saturated heterocycles. The first-order valence-corrected chi connectivity index (χ1v) is 11.7. The molecule has 0 bridgehead atoms. The van der Waals surface area contributed by atoms with Crippen molar-refractivity contribution in [1.82, 2.24) is 14.8 Å². The lowest BCUT2D eigenvalue weighted by Gasteiger charge is -2.30. The summed E-state index contributed by atoms with van der Waals surface area (Å²) in [5.74, 6) is 0. The van der Waals surface area contributed by atoms with Gasteiger partial charge in [-0.2, -0.15) is 5.10 Å². The summed E-state index contributed by atoms with van der Waals surface area (Å²) >= 11 is 5.97. The van der Waals surface area contributed by atoms with Crippen LogP contribution in [0.4, 0.5) is 0 Å². The Morgan fingerprint density at radius 2 is 1.91 bits per heavy atom. The van der Waals surface area contributed by atoms with E-state index in [-0.39, 0.29) is 0 Å². The predicted octanol–water partition coefficient (Wildman–Crippen LogP) is 3.94. The van der Waals surface area contributed by atoms with Gasteiger partial charge in [-0.15, -0.1) is 0 Å². The Morgan fingerprint density at radius 1 is 1.23 bits per heavy atom. The molecule has 0 aliphatic rings. The number of rotatable bonds is 7. The Bertz CT molecular complexity index is 580. The van der Waals surface area contributed by atoms with Crippen LogP contribution in [-0.2, 0) is 12.1 Å². The maximum atomic E-state index is 11.2. The zero-order chi connectivity index (χ0) is 16.2. The van der Waals surface area contributed by atoms with Gasteiger partial charge in [0.05, 0.1) is 6.54 Å². The SMILES string of the molecule is C[Si](C)(C)CCCC(O)(Cn1cncn1)c1ccc(Cl)cc1. The van der Waals surface area contributed by atoms with Crippen molar-refractivity contribution in [2.24, 2.45) is 0 Å². The molecule has 1 N–H and O–H groups in total. The summed E-state index contributed by atoms with van der Waals surface area (Å²) in [6.45, 7) is 7.46. The van der Waals surface area contributed by atoms with Gasteiger partial charge in [0.1, 0.15) is 18.3 Å². The molecule has 1 heterocycles. The van der Waals surface area contributed by atoms with Crippen molar-refractivity contribution in [3.8, 4) is 0 Å². The molecular weight excluding hydrogens is 314 g/mol. The Kier molecular flexibility index (Phi) is 5.42. The van der Waals surface area contributed by atoms with Gasteiger partial charge >= 0.3 is 0 Å². The van der Waals surface area contributed by atoms with Crippen molar-refractivity contribution in [3.05, 3.63) is 47.5 Å².